The number of hydrogen-bond acceptors (Lipinski definition) is 5. The smallest absolute Gasteiger partial charge is 0.341 e. The molecule has 0 aliphatic carbocycles. The molecule has 8 heteroatoms. The topological polar surface area (TPSA) is 94.5 Å². The number of methoxy groups -OCH3 is 1. The molecule has 0 aliphatic heterocycles. The molecule has 108 valence electrons. The van der Waals surface area contributed by atoms with E-state index in [0.29, 0.717) is 5.69 Å². The van der Waals surface area contributed by atoms with Gasteiger partial charge in [0.1, 0.15) is 11.3 Å². The van der Waals surface area contributed by atoms with E-state index >= 15 is 0 Å². The third-order valence-electron chi connectivity index (χ3n) is 2.57. The number of ether oxygens (including phenoxy) is 1. The lowest BCUT2D eigenvalue weighted by Gasteiger charge is -2.05. The Morgan fingerprint density at radius 3 is 2.81 bits per heavy atom. The van der Waals surface area contributed by atoms with Crippen molar-refractivity contribution in [1.82, 2.24) is 15.2 Å². The van der Waals surface area contributed by atoms with Crippen LogP contribution in [0.15, 0.2) is 41.6 Å². The van der Waals surface area contributed by atoms with E-state index in [4.69, 9.17) is 10.5 Å². The minimum atomic E-state index is -0.506. The van der Waals surface area contributed by atoms with Gasteiger partial charge in [-0.25, -0.2) is 9.48 Å². The predicted octanol–water partition coefficient (Wildman–Crippen LogP) is 0.826. The van der Waals surface area contributed by atoms with Crippen molar-refractivity contribution in [3.8, 4) is 5.69 Å². The number of nitrogens with two attached hydrogens (primary N) is 1. The lowest BCUT2D eigenvalue weighted by Crippen LogP contribution is -2.24. The quantitative estimate of drug-likeness (QED) is 0.376. The van der Waals surface area contributed by atoms with Crippen LogP contribution in [0, 0.1) is 0 Å². The highest BCUT2D eigenvalue weighted by Gasteiger charge is 2.17. The summed E-state index contributed by atoms with van der Waals surface area (Å²) in [7, 11) is 1.30. The van der Waals surface area contributed by atoms with Crippen molar-refractivity contribution in [3.05, 3.63) is 47.8 Å². The number of esters is 1. The van der Waals surface area contributed by atoms with Crippen LogP contribution in [0.2, 0.25) is 0 Å². The molecule has 0 aliphatic rings. The number of thiocarbonyl (C=S) groups is 1. The second-order valence-electron chi connectivity index (χ2n) is 3.92. The van der Waals surface area contributed by atoms with E-state index in [0.717, 1.165) is 5.69 Å². The summed E-state index contributed by atoms with van der Waals surface area (Å²) in [6, 6.07) is 9.32. The highest BCUT2D eigenvalue weighted by atomic mass is 32.1. The van der Waals surface area contributed by atoms with Gasteiger partial charge in [-0.05, 0) is 24.4 Å². The minimum Gasteiger partial charge on any atom is -0.465 e. The van der Waals surface area contributed by atoms with Crippen LogP contribution in [-0.4, -0.2) is 34.2 Å². The zero-order valence-electron chi connectivity index (χ0n) is 11.2. The zero-order valence-corrected chi connectivity index (χ0v) is 12.0. The van der Waals surface area contributed by atoms with Gasteiger partial charge in [-0.15, -0.1) is 0 Å². The van der Waals surface area contributed by atoms with Gasteiger partial charge in [-0.2, -0.15) is 10.2 Å². The second kappa shape index (κ2) is 6.62. The third kappa shape index (κ3) is 3.42. The number of para-hydroxylation sites is 1. The van der Waals surface area contributed by atoms with Gasteiger partial charge >= 0.3 is 5.97 Å². The van der Waals surface area contributed by atoms with Gasteiger partial charge in [0.2, 0.25) is 0 Å². The van der Waals surface area contributed by atoms with Crippen molar-refractivity contribution in [2.24, 2.45) is 10.8 Å². The first kappa shape index (κ1) is 14.7. The summed E-state index contributed by atoms with van der Waals surface area (Å²) in [6.07, 6.45) is 2.83. The maximum atomic E-state index is 11.8. The number of aromatic nitrogens is 2. The fourth-order valence-electron chi connectivity index (χ4n) is 1.68. The molecule has 1 aromatic carbocycles. The highest BCUT2D eigenvalue weighted by molar-refractivity contribution is 7.80. The highest BCUT2D eigenvalue weighted by Crippen LogP contribution is 2.14. The Hall–Kier alpha value is -2.74. The third-order valence-corrected chi connectivity index (χ3v) is 2.67. The van der Waals surface area contributed by atoms with Crippen LogP contribution >= 0.6 is 12.2 Å². The number of carbonyl (C=O) groups is 1. The van der Waals surface area contributed by atoms with Crippen molar-refractivity contribution in [2.45, 2.75) is 0 Å². The zero-order chi connectivity index (χ0) is 15.2. The van der Waals surface area contributed by atoms with E-state index in [1.165, 1.54) is 19.5 Å². The summed E-state index contributed by atoms with van der Waals surface area (Å²) in [5.74, 6) is -0.506. The molecule has 2 rings (SSSR count). The molecule has 0 bridgehead atoms. The SMILES string of the molecule is COC(=O)c1cnn(-c2ccccc2)c1/C=N\NC(N)=S. The molecule has 0 amide bonds. The molecule has 2 aromatic rings. The van der Waals surface area contributed by atoms with Crippen LogP contribution in [0.3, 0.4) is 0 Å². The Morgan fingerprint density at radius 2 is 2.19 bits per heavy atom. The maximum absolute atomic E-state index is 11.8. The van der Waals surface area contributed by atoms with Gasteiger partial charge in [0.25, 0.3) is 0 Å². The van der Waals surface area contributed by atoms with Crippen molar-refractivity contribution in [2.75, 3.05) is 7.11 Å². The van der Waals surface area contributed by atoms with Crippen LogP contribution in [0.4, 0.5) is 0 Å². The molecule has 3 N–H and O–H groups in total. The molecule has 1 heterocycles. The summed E-state index contributed by atoms with van der Waals surface area (Å²) in [5.41, 5.74) is 9.25. The summed E-state index contributed by atoms with van der Waals surface area (Å²) in [6.45, 7) is 0. The molecule has 21 heavy (non-hydrogen) atoms. The summed E-state index contributed by atoms with van der Waals surface area (Å²) < 4.78 is 6.30. The van der Waals surface area contributed by atoms with Crippen molar-refractivity contribution >= 4 is 29.5 Å². The first-order valence-electron chi connectivity index (χ1n) is 5.93. The van der Waals surface area contributed by atoms with Crippen LogP contribution in [0.25, 0.3) is 5.69 Å². The number of hydrazone groups is 1. The Labute approximate surface area is 126 Å². The summed E-state index contributed by atoms with van der Waals surface area (Å²) in [5, 5.41) is 8.08. The normalized spacial score (nSPS) is 10.5. The lowest BCUT2D eigenvalue weighted by molar-refractivity contribution is 0.0600. The molecule has 0 spiro atoms. The van der Waals surface area contributed by atoms with E-state index in [-0.39, 0.29) is 10.7 Å². The first-order chi connectivity index (χ1) is 10.1. The standard InChI is InChI=1S/C13H13N5O2S/c1-20-12(19)10-7-16-18(9-5-3-2-4-6-9)11(10)8-15-17-13(14)21/h2-8H,1H3,(H3,14,17,21)/b15-8-. The Kier molecular flexibility index (Phi) is 4.62. The fourth-order valence-corrected chi connectivity index (χ4v) is 1.73. The van der Waals surface area contributed by atoms with Gasteiger partial charge in [0.15, 0.2) is 5.11 Å². The average molecular weight is 303 g/mol. The Bertz CT molecular complexity index is 681. The number of rotatable bonds is 4. The van der Waals surface area contributed by atoms with E-state index in [9.17, 15) is 4.79 Å². The van der Waals surface area contributed by atoms with Crippen molar-refractivity contribution in [1.29, 1.82) is 0 Å². The molecule has 0 atom stereocenters. The molecular weight excluding hydrogens is 290 g/mol. The molecule has 1 aromatic heterocycles. The van der Waals surface area contributed by atoms with Crippen LogP contribution in [0.5, 0.6) is 0 Å². The number of carbonyl (C=O) groups excluding carboxylic acids is 1. The lowest BCUT2D eigenvalue weighted by atomic mass is 10.2. The van der Waals surface area contributed by atoms with Crippen molar-refractivity contribution < 1.29 is 9.53 Å². The van der Waals surface area contributed by atoms with Gasteiger partial charge in [-0.3, -0.25) is 5.43 Å². The van der Waals surface area contributed by atoms with Gasteiger partial charge < -0.3 is 10.5 Å². The van der Waals surface area contributed by atoms with E-state index < -0.39 is 5.97 Å². The van der Waals surface area contributed by atoms with Gasteiger partial charge in [-0.1, -0.05) is 18.2 Å². The number of nitrogens with one attached hydrogen (secondary N) is 1. The number of benzene rings is 1. The molecule has 0 fully saturated rings. The van der Waals surface area contributed by atoms with Crippen LogP contribution < -0.4 is 11.2 Å². The van der Waals surface area contributed by atoms with E-state index in [1.54, 1.807) is 4.68 Å². The maximum Gasteiger partial charge on any atom is 0.341 e. The minimum absolute atomic E-state index is 0.0247. The van der Waals surface area contributed by atoms with E-state index in [2.05, 4.69) is 27.8 Å². The van der Waals surface area contributed by atoms with Crippen molar-refractivity contribution in [3.63, 3.8) is 0 Å². The molecule has 0 unspecified atom stereocenters. The largest absolute Gasteiger partial charge is 0.465 e. The Balaban J connectivity index is 2.46. The molecule has 0 saturated heterocycles. The molecule has 0 saturated carbocycles. The summed E-state index contributed by atoms with van der Waals surface area (Å²) >= 11 is 4.66. The second-order valence-corrected chi connectivity index (χ2v) is 4.36. The molecular formula is C13H13N5O2S. The van der Waals surface area contributed by atoms with Crippen LogP contribution in [0.1, 0.15) is 16.1 Å². The Morgan fingerprint density at radius 1 is 1.48 bits per heavy atom. The number of nitrogens with zero attached hydrogens (tertiary/aromatic N) is 3. The van der Waals surface area contributed by atoms with Gasteiger partial charge in [0.05, 0.1) is 25.2 Å². The fraction of sp³-hybridized carbons (Fsp3) is 0.0769. The van der Waals surface area contributed by atoms with Crippen LogP contribution in [-0.2, 0) is 4.74 Å². The average Bonchev–Trinajstić information content (AvgIpc) is 2.91. The number of hydrogen-bond donors (Lipinski definition) is 2. The van der Waals surface area contributed by atoms with Gasteiger partial charge in [0, 0.05) is 0 Å². The molecule has 7 nitrogen and oxygen atoms in total. The molecule has 0 radical (unpaired) electrons. The monoisotopic (exact) mass is 303 g/mol. The van der Waals surface area contributed by atoms with E-state index in [1.807, 2.05) is 30.3 Å². The first-order valence-corrected chi connectivity index (χ1v) is 6.34. The summed E-state index contributed by atoms with van der Waals surface area (Å²) in [4.78, 5) is 11.8. The predicted molar refractivity (Wildman–Crippen MR) is 82.4 cm³/mol.